The van der Waals surface area contributed by atoms with E-state index in [0.717, 1.165) is 0 Å². The summed E-state index contributed by atoms with van der Waals surface area (Å²) in [7, 11) is 0. The Morgan fingerprint density at radius 3 is 2.47 bits per heavy atom. The Morgan fingerprint density at radius 1 is 1.24 bits per heavy atom. The molecule has 1 aliphatic rings. The number of hydrogen-bond donors (Lipinski definition) is 0. The molecule has 0 atom stereocenters. The van der Waals surface area contributed by atoms with Crippen LogP contribution in [-0.2, 0) is 6.54 Å². The number of nitrogens with zero attached hydrogens (tertiary/aromatic N) is 1. The van der Waals surface area contributed by atoms with Gasteiger partial charge in [0.2, 0.25) is 0 Å². The quantitative estimate of drug-likeness (QED) is 0.803. The predicted octanol–water partition coefficient (Wildman–Crippen LogP) is 3.82. The first kappa shape index (κ1) is 12.9. The molecule has 5 heteroatoms. The molecule has 0 unspecified atom stereocenters. The van der Waals surface area contributed by atoms with Crippen molar-refractivity contribution in [3.63, 3.8) is 0 Å². The van der Waals surface area contributed by atoms with Crippen molar-refractivity contribution in [2.75, 3.05) is 13.1 Å². The van der Waals surface area contributed by atoms with Crippen LogP contribution >= 0.6 is 15.9 Å². The SMILES string of the molecule is Fc1cccc(Br)c1CN1CCC(F)(F)CC1. The average Bonchev–Trinajstić information content (AvgIpc) is 2.26. The van der Waals surface area contributed by atoms with Crippen molar-refractivity contribution in [1.82, 2.24) is 4.90 Å². The summed E-state index contributed by atoms with van der Waals surface area (Å²) in [6.45, 7) is 1.00. The van der Waals surface area contributed by atoms with Gasteiger partial charge in [0.15, 0.2) is 0 Å². The molecule has 0 saturated carbocycles. The van der Waals surface area contributed by atoms with Crippen molar-refractivity contribution in [1.29, 1.82) is 0 Å². The van der Waals surface area contributed by atoms with E-state index in [4.69, 9.17) is 0 Å². The third-order valence-corrected chi connectivity index (χ3v) is 3.77. The van der Waals surface area contributed by atoms with Crippen LogP contribution in [0.15, 0.2) is 22.7 Å². The number of benzene rings is 1. The van der Waals surface area contributed by atoms with Crippen LogP contribution in [0.5, 0.6) is 0 Å². The average molecular weight is 308 g/mol. The predicted molar refractivity (Wildman–Crippen MR) is 63.6 cm³/mol. The molecular formula is C12H13BrF3N. The molecule has 1 aromatic rings. The third-order valence-electron chi connectivity index (χ3n) is 3.03. The molecule has 1 aromatic carbocycles. The van der Waals surface area contributed by atoms with Crippen LogP contribution in [0.4, 0.5) is 13.2 Å². The van der Waals surface area contributed by atoms with Gasteiger partial charge in [-0.2, -0.15) is 0 Å². The van der Waals surface area contributed by atoms with E-state index >= 15 is 0 Å². The summed E-state index contributed by atoms with van der Waals surface area (Å²) in [4.78, 5) is 1.86. The summed E-state index contributed by atoms with van der Waals surface area (Å²) < 4.78 is 40.2. The number of halogens is 4. The lowest BCUT2D eigenvalue weighted by Crippen LogP contribution is -2.39. The summed E-state index contributed by atoms with van der Waals surface area (Å²) in [6.07, 6.45) is -0.280. The lowest BCUT2D eigenvalue weighted by molar-refractivity contribution is -0.0568. The first-order valence-corrected chi connectivity index (χ1v) is 6.30. The van der Waals surface area contributed by atoms with E-state index in [0.29, 0.717) is 29.7 Å². The van der Waals surface area contributed by atoms with Crippen molar-refractivity contribution in [3.8, 4) is 0 Å². The Morgan fingerprint density at radius 2 is 1.88 bits per heavy atom. The van der Waals surface area contributed by atoms with Gasteiger partial charge < -0.3 is 0 Å². The van der Waals surface area contributed by atoms with Crippen LogP contribution in [0, 0.1) is 5.82 Å². The number of rotatable bonds is 2. The molecular weight excluding hydrogens is 295 g/mol. The molecule has 17 heavy (non-hydrogen) atoms. The van der Waals surface area contributed by atoms with Crippen molar-refractivity contribution >= 4 is 15.9 Å². The Balaban J connectivity index is 2.03. The lowest BCUT2D eigenvalue weighted by Gasteiger charge is -2.31. The van der Waals surface area contributed by atoms with E-state index in [9.17, 15) is 13.2 Å². The second kappa shape index (κ2) is 4.98. The Bertz CT molecular complexity index is 378. The molecule has 0 bridgehead atoms. The van der Waals surface area contributed by atoms with Gasteiger partial charge in [-0.1, -0.05) is 22.0 Å². The molecule has 0 aromatic heterocycles. The first-order chi connectivity index (χ1) is 7.98. The molecule has 0 aliphatic carbocycles. The molecule has 1 aliphatic heterocycles. The highest BCUT2D eigenvalue weighted by Crippen LogP contribution is 2.29. The fourth-order valence-electron chi connectivity index (χ4n) is 1.95. The fraction of sp³-hybridized carbons (Fsp3) is 0.500. The minimum atomic E-state index is -2.55. The van der Waals surface area contributed by atoms with Gasteiger partial charge in [-0.15, -0.1) is 0 Å². The van der Waals surface area contributed by atoms with Crippen molar-refractivity contribution in [2.45, 2.75) is 25.3 Å². The van der Waals surface area contributed by atoms with Crippen LogP contribution in [0.2, 0.25) is 0 Å². The summed E-state index contributed by atoms with van der Waals surface area (Å²) >= 11 is 3.28. The third kappa shape index (κ3) is 3.22. The summed E-state index contributed by atoms with van der Waals surface area (Å²) in [6, 6.07) is 4.77. The zero-order valence-corrected chi connectivity index (χ0v) is 10.8. The molecule has 94 valence electrons. The van der Waals surface area contributed by atoms with E-state index in [-0.39, 0.29) is 18.7 Å². The maximum absolute atomic E-state index is 13.6. The highest BCUT2D eigenvalue weighted by atomic mass is 79.9. The number of likely N-dealkylation sites (tertiary alicyclic amines) is 1. The van der Waals surface area contributed by atoms with Gasteiger partial charge in [0.25, 0.3) is 5.92 Å². The first-order valence-electron chi connectivity index (χ1n) is 5.51. The van der Waals surface area contributed by atoms with Gasteiger partial charge in [-0.05, 0) is 12.1 Å². The minimum Gasteiger partial charge on any atom is -0.298 e. The maximum Gasteiger partial charge on any atom is 0.250 e. The Labute approximate surface area is 107 Å². The van der Waals surface area contributed by atoms with E-state index in [1.54, 1.807) is 12.1 Å². The maximum atomic E-state index is 13.6. The van der Waals surface area contributed by atoms with E-state index in [2.05, 4.69) is 15.9 Å². The van der Waals surface area contributed by atoms with Crippen LogP contribution in [0.3, 0.4) is 0 Å². The zero-order valence-electron chi connectivity index (χ0n) is 9.23. The van der Waals surface area contributed by atoms with Crippen LogP contribution in [0.25, 0.3) is 0 Å². The van der Waals surface area contributed by atoms with Crippen molar-refractivity contribution < 1.29 is 13.2 Å². The molecule has 0 spiro atoms. The van der Waals surface area contributed by atoms with E-state index in [1.165, 1.54) is 6.07 Å². The number of hydrogen-bond acceptors (Lipinski definition) is 1. The molecule has 0 radical (unpaired) electrons. The topological polar surface area (TPSA) is 3.24 Å². The van der Waals surface area contributed by atoms with Crippen LogP contribution in [-0.4, -0.2) is 23.9 Å². The van der Waals surface area contributed by atoms with Crippen LogP contribution < -0.4 is 0 Å². The number of alkyl halides is 2. The Kier molecular flexibility index (Phi) is 3.78. The minimum absolute atomic E-state index is 0.140. The zero-order chi connectivity index (χ0) is 12.5. The number of piperidine rings is 1. The van der Waals surface area contributed by atoms with E-state index in [1.807, 2.05) is 4.90 Å². The van der Waals surface area contributed by atoms with Gasteiger partial charge in [0, 0.05) is 42.5 Å². The van der Waals surface area contributed by atoms with Crippen LogP contribution in [0.1, 0.15) is 18.4 Å². The second-order valence-electron chi connectivity index (χ2n) is 4.33. The van der Waals surface area contributed by atoms with Gasteiger partial charge in [0.05, 0.1) is 0 Å². The molecule has 1 nitrogen and oxygen atoms in total. The molecule has 1 saturated heterocycles. The van der Waals surface area contributed by atoms with Gasteiger partial charge in [0.1, 0.15) is 5.82 Å². The largest absolute Gasteiger partial charge is 0.298 e. The highest BCUT2D eigenvalue weighted by Gasteiger charge is 2.34. The summed E-state index contributed by atoms with van der Waals surface area (Å²) in [5, 5.41) is 0. The second-order valence-corrected chi connectivity index (χ2v) is 5.19. The molecule has 0 amide bonds. The standard InChI is InChI=1S/C12H13BrF3N/c13-10-2-1-3-11(14)9(10)8-17-6-4-12(15,16)5-7-17/h1-3H,4-8H2. The highest BCUT2D eigenvalue weighted by molar-refractivity contribution is 9.10. The Hall–Kier alpha value is -0.550. The lowest BCUT2D eigenvalue weighted by atomic mass is 10.1. The molecule has 1 fully saturated rings. The van der Waals surface area contributed by atoms with Gasteiger partial charge in [-0.25, -0.2) is 13.2 Å². The fourth-order valence-corrected chi connectivity index (χ4v) is 2.41. The smallest absolute Gasteiger partial charge is 0.250 e. The van der Waals surface area contributed by atoms with E-state index < -0.39 is 5.92 Å². The molecule has 2 rings (SSSR count). The van der Waals surface area contributed by atoms with Crippen molar-refractivity contribution in [3.05, 3.63) is 34.1 Å². The summed E-state index contributed by atoms with van der Waals surface area (Å²) in [5.74, 6) is -2.85. The molecule has 0 N–H and O–H groups in total. The molecule has 1 heterocycles. The van der Waals surface area contributed by atoms with Crippen molar-refractivity contribution in [2.24, 2.45) is 0 Å². The summed E-state index contributed by atoms with van der Waals surface area (Å²) in [5.41, 5.74) is 0.540. The van der Waals surface area contributed by atoms with Gasteiger partial charge >= 0.3 is 0 Å². The monoisotopic (exact) mass is 307 g/mol. The normalized spacial score (nSPS) is 20.5. The van der Waals surface area contributed by atoms with Gasteiger partial charge in [-0.3, -0.25) is 4.90 Å².